The second-order valence-corrected chi connectivity index (χ2v) is 9.33. The number of amides is 2. The molecule has 0 bridgehead atoms. The van der Waals surface area contributed by atoms with Crippen molar-refractivity contribution in [2.24, 2.45) is 11.3 Å². The van der Waals surface area contributed by atoms with Crippen molar-refractivity contribution in [3.63, 3.8) is 0 Å². The predicted octanol–water partition coefficient (Wildman–Crippen LogP) is 4.08. The number of hydrogen-bond acceptors (Lipinski definition) is 4. The predicted molar refractivity (Wildman–Crippen MR) is 112 cm³/mol. The lowest BCUT2D eigenvalue weighted by atomic mass is 9.69. The van der Waals surface area contributed by atoms with E-state index in [1.165, 1.54) is 0 Å². The first-order valence-electron chi connectivity index (χ1n) is 10.6. The number of rotatable bonds is 4. The summed E-state index contributed by atoms with van der Waals surface area (Å²) in [5, 5.41) is 0. The van der Waals surface area contributed by atoms with Crippen LogP contribution in [0.3, 0.4) is 0 Å². The second-order valence-electron chi connectivity index (χ2n) is 9.33. The molecule has 6 nitrogen and oxygen atoms in total. The van der Waals surface area contributed by atoms with Crippen molar-refractivity contribution >= 4 is 12.0 Å². The van der Waals surface area contributed by atoms with Gasteiger partial charge in [0.1, 0.15) is 11.4 Å². The number of carbonyl (C=O) groups excluding carboxylic acids is 2. The molecule has 6 heteroatoms. The monoisotopic (exact) mass is 402 g/mol. The third kappa shape index (κ3) is 4.68. The molecule has 2 amide bonds. The summed E-state index contributed by atoms with van der Waals surface area (Å²) in [6, 6.07) is 7.90. The number of ether oxygens (including phenoxy) is 2. The second kappa shape index (κ2) is 8.25. The van der Waals surface area contributed by atoms with Crippen LogP contribution in [-0.2, 0) is 16.1 Å². The topological polar surface area (TPSA) is 59.1 Å². The van der Waals surface area contributed by atoms with E-state index in [9.17, 15) is 9.59 Å². The van der Waals surface area contributed by atoms with Crippen LogP contribution in [0.2, 0.25) is 0 Å². The lowest BCUT2D eigenvalue weighted by Crippen LogP contribution is -2.47. The summed E-state index contributed by atoms with van der Waals surface area (Å²) in [6.07, 6.45) is 2.27. The van der Waals surface area contributed by atoms with Crippen LogP contribution in [0.25, 0.3) is 0 Å². The van der Waals surface area contributed by atoms with E-state index in [-0.39, 0.29) is 23.3 Å². The van der Waals surface area contributed by atoms with Crippen LogP contribution < -0.4 is 4.74 Å². The SMILES string of the molecule is CCC1C(=O)N(Cc2ccc(OC)cc2)CC12CCN(C(=O)OC(C)(C)C)CC2. The lowest BCUT2D eigenvalue weighted by Gasteiger charge is -2.41. The van der Waals surface area contributed by atoms with Crippen molar-refractivity contribution in [2.75, 3.05) is 26.7 Å². The quantitative estimate of drug-likeness (QED) is 0.761. The highest BCUT2D eigenvalue weighted by atomic mass is 16.6. The van der Waals surface area contributed by atoms with Crippen molar-refractivity contribution < 1.29 is 19.1 Å². The van der Waals surface area contributed by atoms with E-state index in [1.54, 1.807) is 12.0 Å². The molecule has 1 atom stereocenters. The van der Waals surface area contributed by atoms with Gasteiger partial charge in [0.05, 0.1) is 7.11 Å². The van der Waals surface area contributed by atoms with Crippen molar-refractivity contribution in [3.05, 3.63) is 29.8 Å². The van der Waals surface area contributed by atoms with E-state index in [1.807, 2.05) is 49.9 Å². The van der Waals surface area contributed by atoms with Crippen molar-refractivity contribution in [2.45, 2.75) is 59.1 Å². The molecule has 1 aromatic rings. The van der Waals surface area contributed by atoms with Crippen LogP contribution in [0.5, 0.6) is 5.75 Å². The molecule has 0 radical (unpaired) electrons. The Labute approximate surface area is 174 Å². The molecular formula is C23H34N2O4. The number of piperidine rings is 1. The molecule has 0 aromatic heterocycles. The van der Waals surface area contributed by atoms with Crippen LogP contribution in [0.15, 0.2) is 24.3 Å². The Morgan fingerprint density at radius 2 is 1.79 bits per heavy atom. The summed E-state index contributed by atoms with van der Waals surface area (Å²) in [4.78, 5) is 29.3. The van der Waals surface area contributed by atoms with Crippen molar-refractivity contribution in [1.82, 2.24) is 9.80 Å². The number of benzene rings is 1. The van der Waals surface area contributed by atoms with E-state index in [2.05, 4.69) is 6.92 Å². The number of carbonyl (C=O) groups is 2. The summed E-state index contributed by atoms with van der Waals surface area (Å²) >= 11 is 0. The van der Waals surface area contributed by atoms with E-state index < -0.39 is 5.60 Å². The molecule has 160 valence electrons. The highest BCUT2D eigenvalue weighted by molar-refractivity contribution is 5.82. The Balaban J connectivity index is 1.66. The summed E-state index contributed by atoms with van der Waals surface area (Å²) in [6.45, 7) is 10.4. The van der Waals surface area contributed by atoms with Gasteiger partial charge >= 0.3 is 6.09 Å². The minimum Gasteiger partial charge on any atom is -0.497 e. The zero-order valence-corrected chi connectivity index (χ0v) is 18.4. The van der Waals surface area contributed by atoms with Gasteiger partial charge in [0.25, 0.3) is 0 Å². The first-order valence-corrected chi connectivity index (χ1v) is 10.6. The summed E-state index contributed by atoms with van der Waals surface area (Å²) in [7, 11) is 1.65. The van der Waals surface area contributed by atoms with Gasteiger partial charge in [-0.15, -0.1) is 0 Å². The summed E-state index contributed by atoms with van der Waals surface area (Å²) in [5.41, 5.74) is 0.574. The van der Waals surface area contributed by atoms with Gasteiger partial charge in [-0.2, -0.15) is 0 Å². The number of nitrogens with zero attached hydrogens (tertiary/aromatic N) is 2. The maximum Gasteiger partial charge on any atom is 0.410 e. The molecule has 2 aliphatic heterocycles. The fourth-order valence-electron chi connectivity index (χ4n) is 4.71. The largest absolute Gasteiger partial charge is 0.497 e. The maximum absolute atomic E-state index is 13.1. The van der Waals surface area contributed by atoms with Crippen LogP contribution >= 0.6 is 0 Å². The molecule has 3 rings (SSSR count). The maximum atomic E-state index is 13.1. The van der Waals surface area contributed by atoms with Crippen LogP contribution in [0.4, 0.5) is 4.79 Å². The van der Waals surface area contributed by atoms with E-state index >= 15 is 0 Å². The zero-order chi connectivity index (χ0) is 21.2. The third-order valence-electron chi connectivity index (χ3n) is 6.21. The van der Waals surface area contributed by atoms with Gasteiger partial charge in [-0.1, -0.05) is 19.1 Å². The fourth-order valence-corrected chi connectivity index (χ4v) is 4.71. The number of likely N-dealkylation sites (tertiary alicyclic amines) is 2. The molecule has 2 fully saturated rings. The summed E-state index contributed by atoms with van der Waals surface area (Å²) < 4.78 is 10.7. The number of hydrogen-bond donors (Lipinski definition) is 0. The third-order valence-corrected chi connectivity index (χ3v) is 6.21. The Bertz CT molecular complexity index is 730. The Morgan fingerprint density at radius 1 is 1.17 bits per heavy atom. The van der Waals surface area contributed by atoms with Gasteiger partial charge in [-0.3, -0.25) is 4.79 Å². The van der Waals surface area contributed by atoms with E-state index in [0.29, 0.717) is 19.6 Å². The Kier molecular flexibility index (Phi) is 6.11. The standard InChI is InChI=1S/C23H34N2O4/c1-6-19-20(26)25(15-17-7-9-18(28-5)10-8-17)16-23(19)11-13-24(14-12-23)21(27)29-22(2,3)4/h7-10,19H,6,11-16H2,1-5H3. The average Bonchev–Trinajstić information content (AvgIpc) is 2.92. The van der Waals surface area contributed by atoms with Gasteiger partial charge in [0.15, 0.2) is 0 Å². The number of methoxy groups -OCH3 is 1. The normalized spacial score (nSPS) is 21.6. The summed E-state index contributed by atoms with van der Waals surface area (Å²) in [5.74, 6) is 1.09. The molecule has 0 saturated carbocycles. The molecule has 1 aromatic carbocycles. The van der Waals surface area contributed by atoms with Gasteiger partial charge < -0.3 is 19.3 Å². The van der Waals surface area contributed by atoms with Crippen LogP contribution in [-0.4, -0.2) is 54.1 Å². The molecule has 1 unspecified atom stereocenters. The molecular weight excluding hydrogens is 368 g/mol. The Hall–Kier alpha value is -2.24. The van der Waals surface area contributed by atoms with E-state index in [0.717, 1.165) is 37.1 Å². The molecule has 2 aliphatic rings. The smallest absolute Gasteiger partial charge is 0.410 e. The molecule has 2 saturated heterocycles. The molecule has 0 N–H and O–H groups in total. The fraction of sp³-hybridized carbons (Fsp3) is 0.652. The first kappa shape index (κ1) is 21.5. The minimum atomic E-state index is -0.489. The highest BCUT2D eigenvalue weighted by Crippen LogP contribution is 2.47. The van der Waals surface area contributed by atoms with Crippen LogP contribution in [0.1, 0.15) is 52.5 Å². The highest BCUT2D eigenvalue weighted by Gasteiger charge is 2.52. The average molecular weight is 403 g/mol. The molecule has 0 aliphatic carbocycles. The van der Waals surface area contributed by atoms with Crippen LogP contribution in [0, 0.1) is 11.3 Å². The first-order chi connectivity index (χ1) is 13.7. The van der Waals surface area contributed by atoms with Gasteiger partial charge in [-0.05, 0) is 57.7 Å². The van der Waals surface area contributed by atoms with Crippen molar-refractivity contribution in [3.8, 4) is 5.75 Å². The molecule has 2 heterocycles. The molecule has 1 spiro atoms. The lowest BCUT2D eigenvalue weighted by molar-refractivity contribution is -0.132. The zero-order valence-electron chi connectivity index (χ0n) is 18.4. The minimum absolute atomic E-state index is 0.0292. The van der Waals surface area contributed by atoms with Crippen molar-refractivity contribution in [1.29, 1.82) is 0 Å². The van der Waals surface area contributed by atoms with E-state index in [4.69, 9.17) is 9.47 Å². The van der Waals surface area contributed by atoms with Gasteiger partial charge in [0.2, 0.25) is 5.91 Å². The molecule has 29 heavy (non-hydrogen) atoms. The Morgan fingerprint density at radius 3 is 2.31 bits per heavy atom. The van der Waals surface area contributed by atoms with Gasteiger partial charge in [-0.25, -0.2) is 4.79 Å². The van der Waals surface area contributed by atoms with Gasteiger partial charge in [0, 0.05) is 37.5 Å².